The summed E-state index contributed by atoms with van der Waals surface area (Å²) in [5.74, 6) is 0. The van der Waals surface area contributed by atoms with E-state index in [9.17, 15) is 0 Å². The normalized spacial score (nSPS) is 20.4. The second-order valence-corrected chi connectivity index (χ2v) is 3.50. The van der Waals surface area contributed by atoms with Crippen molar-refractivity contribution in [1.29, 1.82) is 0 Å². The van der Waals surface area contributed by atoms with Crippen LogP contribution in [0.15, 0.2) is 29.4 Å². The van der Waals surface area contributed by atoms with E-state index in [1.54, 1.807) is 6.21 Å². The quantitative estimate of drug-likeness (QED) is 0.750. The van der Waals surface area contributed by atoms with Gasteiger partial charge in [-0.1, -0.05) is 18.5 Å². The minimum absolute atomic E-state index is 0.0886. The Labute approximate surface area is 87.9 Å². The smallest absolute Gasteiger partial charge is 0.125 e. The number of hydrogen-bond acceptors (Lipinski definition) is 3. The molecule has 0 aliphatic carbocycles. The van der Waals surface area contributed by atoms with Crippen molar-refractivity contribution in [3.63, 3.8) is 0 Å². The van der Waals surface area contributed by atoms with E-state index in [4.69, 9.17) is 16.4 Å². The van der Waals surface area contributed by atoms with Crippen LogP contribution in [0.3, 0.4) is 0 Å². The van der Waals surface area contributed by atoms with Gasteiger partial charge in [0.25, 0.3) is 0 Å². The lowest BCUT2D eigenvalue weighted by atomic mass is 10.3. The molecular formula is C10H11ClN2O. The molecule has 1 aliphatic rings. The van der Waals surface area contributed by atoms with E-state index in [-0.39, 0.29) is 6.10 Å². The van der Waals surface area contributed by atoms with Crippen LogP contribution >= 0.6 is 11.6 Å². The van der Waals surface area contributed by atoms with Crippen molar-refractivity contribution >= 4 is 23.5 Å². The molecule has 0 fully saturated rings. The third-order valence-electron chi connectivity index (χ3n) is 2.02. The zero-order chi connectivity index (χ0) is 9.97. The van der Waals surface area contributed by atoms with E-state index in [2.05, 4.69) is 12.0 Å². The Balaban J connectivity index is 2.11. The molecule has 0 saturated carbocycles. The first-order valence-corrected chi connectivity index (χ1v) is 4.94. The Morgan fingerprint density at radius 2 is 2.14 bits per heavy atom. The average Bonchev–Trinajstić information content (AvgIpc) is 2.67. The molecule has 0 amide bonds. The molecule has 0 saturated heterocycles. The van der Waals surface area contributed by atoms with Crippen LogP contribution in [0.1, 0.15) is 13.3 Å². The van der Waals surface area contributed by atoms with Gasteiger partial charge in [0.1, 0.15) is 6.10 Å². The van der Waals surface area contributed by atoms with E-state index >= 15 is 0 Å². The van der Waals surface area contributed by atoms with Crippen molar-refractivity contribution in [2.45, 2.75) is 19.4 Å². The monoisotopic (exact) mass is 210 g/mol. The zero-order valence-corrected chi connectivity index (χ0v) is 8.61. The maximum atomic E-state index is 5.78. The predicted molar refractivity (Wildman–Crippen MR) is 57.6 cm³/mol. The zero-order valence-electron chi connectivity index (χ0n) is 7.85. The van der Waals surface area contributed by atoms with Crippen LogP contribution in [0, 0.1) is 0 Å². The van der Waals surface area contributed by atoms with Crippen LogP contribution in [0.2, 0.25) is 5.02 Å². The molecular weight excluding hydrogens is 200 g/mol. The number of halogens is 1. The van der Waals surface area contributed by atoms with Crippen molar-refractivity contribution < 1.29 is 4.84 Å². The van der Waals surface area contributed by atoms with E-state index in [0.717, 1.165) is 12.1 Å². The Bertz CT molecular complexity index is 336. The first-order chi connectivity index (χ1) is 6.79. The van der Waals surface area contributed by atoms with E-state index in [0.29, 0.717) is 5.02 Å². The standard InChI is InChI=1S/C10H11ClN2O/c1-2-10-7-12-13(14-10)9-5-3-8(11)4-6-9/h3-7,10H,2H2,1H3. The molecule has 1 aliphatic heterocycles. The summed E-state index contributed by atoms with van der Waals surface area (Å²) in [6.45, 7) is 2.06. The van der Waals surface area contributed by atoms with Crippen molar-refractivity contribution in [2.24, 2.45) is 5.10 Å². The van der Waals surface area contributed by atoms with Crippen LogP contribution in [0.4, 0.5) is 5.69 Å². The first-order valence-electron chi connectivity index (χ1n) is 4.56. The largest absolute Gasteiger partial charge is 0.243 e. The highest BCUT2D eigenvalue weighted by Crippen LogP contribution is 2.22. The van der Waals surface area contributed by atoms with Gasteiger partial charge < -0.3 is 0 Å². The van der Waals surface area contributed by atoms with Gasteiger partial charge in [0, 0.05) is 5.02 Å². The average molecular weight is 211 g/mol. The number of benzene rings is 1. The van der Waals surface area contributed by atoms with Gasteiger partial charge in [-0.05, 0) is 30.7 Å². The summed E-state index contributed by atoms with van der Waals surface area (Å²) in [5, 5.41) is 6.36. The fourth-order valence-electron chi connectivity index (χ4n) is 1.19. The third kappa shape index (κ3) is 1.89. The number of hydrogen-bond donors (Lipinski definition) is 0. The molecule has 0 radical (unpaired) electrons. The minimum atomic E-state index is 0.0886. The third-order valence-corrected chi connectivity index (χ3v) is 2.27. The van der Waals surface area contributed by atoms with E-state index in [1.807, 2.05) is 24.3 Å². The van der Waals surface area contributed by atoms with Crippen molar-refractivity contribution in [1.82, 2.24) is 0 Å². The SMILES string of the molecule is CCC1C=NN(c2ccc(Cl)cc2)O1. The van der Waals surface area contributed by atoms with Gasteiger partial charge in [0.05, 0.1) is 11.9 Å². The van der Waals surface area contributed by atoms with Crippen molar-refractivity contribution in [2.75, 3.05) is 5.17 Å². The van der Waals surface area contributed by atoms with Gasteiger partial charge >= 0.3 is 0 Å². The molecule has 0 N–H and O–H groups in total. The Kier molecular flexibility index (Phi) is 2.70. The molecule has 14 heavy (non-hydrogen) atoms. The summed E-state index contributed by atoms with van der Waals surface area (Å²) >= 11 is 5.78. The molecule has 2 rings (SSSR count). The minimum Gasteiger partial charge on any atom is -0.243 e. The molecule has 4 heteroatoms. The molecule has 0 spiro atoms. The van der Waals surface area contributed by atoms with Gasteiger partial charge in [0.15, 0.2) is 0 Å². The number of rotatable bonds is 2. The highest BCUT2D eigenvalue weighted by atomic mass is 35.5. The summed E-state index contributed by atoms with van der Waals surface area (Å²) in [7, 11) is 0. The molecule has 1 unspecified atom stereocenters. The van der Waals surface area contributed by atoms with Gasteiger partial charge in [-0.2, -0.15) is 5.10 Å². The lowest BCUT2D eigenvalue weighted by Gasteiger charge is -2.14. The maximum Gasteiger partial charge on any atom is 0.125 e. The number of nitrogens with zero attached hydrogens (tertiary/aromatic N) is 2. The summed E-state index contributed by atoms with van der Waals surface area (Å²) in [4.78, 5) is 5.50. The van der Waals surface area contributed by atoms with Crippen LogP contribution in [-0.2, 0) is 4.84 Å². The van der Waals surface area contributed by atoms with Gasteiger partial charge in [0.2, 0.25) is 0 Å². The molecule has 3 nitrogen and oxygen atoms in total. The fraction of sp³-hybridized carbons (Fsp3) is 0.300. The summed E-state index contributed by atoms with van der Waals surface area (Å²) in [6.07, 6.45) is 2.81. The van der Waals surface area contributed by atoms with Crippen molar-refractivity contribution in [3.8, 4) is 0 Å². The first kappa shape index (κ1) is 9.49. The molecule has 1 heterocycles. The Hall–Kier alpha value is -1.06. The van der Waals surface area contributed by atoms with Crippen LogP contribution in [-0.4, -0.2) is 12.3 Å². The summed E-state index contributed by atoms with van der Waals surface area (Å²) in [6, 6.07) is 7.37. The van der Waals surface area contributed by atoms with Gasteiger partial charge in [-0.3, -0.25) is 0 Å². The van der Waals surface area contributed by atoms with E-state index < -0.39 is 0 Å². The van der Waals surface area contributed by atoms with Crippen LogP contribution in [0.5, 0.6) is 0 Å². The summed E-state index contributed by atoms with van der Waals surface area (Å²) in [5.41, 5.74) is 0.890. The van der Waals surface area contributed by atoms with Crippen LogP contribution in [0.25, 0.3) is 0 Å². The molecule has 74 valence electrons. The topological polar surface area (TPSA) is 24.8 Å². The Morgan fingerprint density at radius 3 is 2.71 bits per heavy atom. The number of hydrazone groups is 1. The van der Waals surface area contributed by atoms with Crippen LogP contribution < -0.4 is 5.17 Å². The molecule has 0 bridgehead atoms. The van der Waals surface area contributed by atoms with Gasteiger partial charge in [-0.25, -0.2) is 4.84 Å². The number of anilines is 1. The van der Waals surface area contributed by atoms with Crippen molar-refractivity contribution in [3.05, 3.63) is 29.3 Å². The highest BCUT2D eigenvalue weighted by molar-refractivity contribution is 6.30. The van der Waals surface area contributed by atoms with E-state index in [1.165, 1.54) is 5.17 Å². The molecule has 0 aromatic heterocycles. The second-order valence-electron chi connectivity index (χ2n) is 3.07. The maximum absolute atomic E-state index is 5.78. The molecule has 1 aromatic carbocycles. The summed E-state index contributed by atoms with van der Waals surface area (Å²) < 4.78 is 0. The lowest BCUT2D eigenvalue weighted by molar-refractivity contribution is 0.0960. The second kappa shape index (κ2) is 3.98. The molecule has 1 atom stereocenters. The molecule has 1 aromatic rings. The highest BCUT2D eigenvalue weighted by Gasteiger charge is 2.17. The predicted octanol–water partition coefficient (Wildman–Crippen LogP) is 2.86. The Morgan fingerprint density at radius 1 is 1.43 bits per heavy atom. The van der Waals surface area contributed by atoms with Gasteiger partial charge in [-0.15, -0.1) is 5.17 Å². The fourth-order valence-corrected chi connectivity index (χ4v) is 1.32. The lowest BCUT2D eigenvalue weighted by Crippen LogP contribution is -2.17.